The van der Waals surface area contributed by atoms with E-state index in [4.69, 9.17) is 20.8 Å². The lowest BCUT2D eigenvalue weighted by Gasteiger charge is -2.26. The van der Waals surface area contributed by atoms with E-state index in [2.05, 4.69) is 10.2 Å². The number of hydrogen-bond donors (Lipinski definition) is 1. The monoisotopic (exact) mass is 412 g/mol. The van der Waals surface area contributed by atoms with Gasteiger partial charge in [0, 0.05) is 11.6 Å². The van der Waals surface area contributed by atoms with Crippen LogP contribution in [0.25, 0.3) is 0 Å². The van der Waals surface area contributed by atoms with E-state index in [0.29, 0.717) is 12.3 Å². The molecule has 2 heterocycles. The first-order valence-corrected chi connectivity index (χ1v) is 9.36. The van der Waals surface area contributed by atoms with Crippen LogP contribution in [0.5, 0.6) is 5.75 Å². The summed E-state index contributed by atoms with van der Waals surface area (Å²) in [7, 11) is 0. The maximum absolute atomic E-state index is 12.2. The SMILES string of the molecule is Cc1cc(OCC(=O)NCC(c2ccco2)N2CCCC2)cc(C)c1Cl.Cl. The van der Waals surface area contributed by atoms with E-state index in [1.165, 1.54) is 12.8 Å². The number of halogens is 2. The number of carbonyl (C=O) groups is 1. The molecule has 0 bridgehead atoms. The average Bonchev–Trinajstić information content (AvgIpc) is 3.32. The maximum Gasteiger partial charge on any atom is 0.258 e. The van der Waals surface area contributed by atoms with Crippen molar-refractivity contribution in [1.82, 2.24) is 10.2 Å². The molecular formula is C20H26Cl2N2O3. The fourth-order valence-electron chi connectivity index (χ4n) is 3.34. The molecule has 1 N–H and O–H groups in total. The molecule has 3 rings (SSSR count). The molecule has 7 heteroatoms. The van der Waals surface area contributed by atoms with Gasteiger partial charge in [-0.15, -0.1) is 12.4 Å². The van der Waals surface area contributed by atoms with Crippen LogP contribution >= 0.6 is 24.0 Å². The minimum absolute atomic E-state index is 0. The summed E-state index contributed by atoms with van der Waals surface area (Å²) < 4.78 is 11.2. The van der Waals surface area contributed by atoms with Gasteiger partial charge in [-0.1, -0.05) is 11.6 Å². The molecular weight excluding hydrogens is 387 g/mol. The predicted octanol–water partition coefficient (Wildman–Crippen LogP) is 4.30. The lowest BCUT2D eigenvalue weighted by Crippen LogP contribution is -2.38. The summed E-state index contributed by atoms with van der Waals surface area (Å²) >= 11 is 6.16. The second kappa shape index (κ2) is 10.0. The molecule has 1 unspecified atom stereocenters. The van der Waals surface area contributed by atoms with Crippen molar-refractivity contribution in [1.29, 1.82) is 0 Å². The molecule has 1 aromatic heterocycles. The van der Waals surface area contributed by atoms with E-state index in [-0.39, 0.29) is 31.0 Å². The number of hydrogen-bond acceptors (Lipinski definition) is 4. The van der Waals surface area contributed by atoms with Crippen molar-refractivity contribution in [3.63, 3.8) is 0 Å². The Hall–Kier alpha value is -1.69. The van der Waals surface area contributed by atoms with Gasteiger partial charge >= 0.3 is 0 Å². The van der Waals surface area contributed by atoms with Gasteiger partial charge in [0.2, 0.25) is 0 Å². The number of ether oxygens (including phenoxy) is 1. The quantitative estimate of drug-likeness (QED) is 0.735. The Morgan fingerprint density at radius 3 is 2.56 bits per heavy atom. The zero-order valence-electron chi connectivity index (χ0n) is 15.7. The molecule has 5 nitrogen and oxygen atoms in total. The number of benzene rings is 1. The summed E-state index contributed by atoms with van der Waals surface area (Å²) in [5.41, 5.74) is 1.88. The van der Waals surface area contributed by atoms with E-state index >= 15 is 0 Å². The number of nitrogens with zero attached hydrogens (tertiary/aromatic N) is 1. The van der Waals surface area contributed by atoms with Crippen LogP contribution in [0.3, 0.4) is 0 Å². The molecule has 0 saturated carbocycles. The predicted molar refractivity (Wildman–Crippen MR) is 109 cm³/mol. The normalized spacial score (nSPS) is 15.2. The first kappa shape index (κ1) is 21.6. The van der Waals surface area contributed by atoms with Gasteiger partial charge < -0.3 is 14.5 Å². The highest BCUT2D eigenvalue weighted by Gasteiger charge is 2.25. The van der Waals surface area contributed by atoms with Gasteiger partial charge in [0.25, 0.3) is 5.91 Å². The van der Waals surface area contributed by atoms with Crippen molar-refractivity contribution < 1.29 is 13.9 Å². The first-order chi connectivity index (χ1) is 12.5. The summed E-state index contributed by atoms with van der Waals surface area (Å²) in [4.78, 5) is 14.6. The summed E-state index contributed by atoms with van der Waals surface area (Å²) in [5, 5.41) is 3.70. The van der Waals surface area contributed by atoms with Crippen LogP contribution in [-0.2, 0) is 4.79 Å². The van der Waals surface area contributed by atoms with Gasteiger partial charge in [-0.25, -0.2) is 0 Å². The van der Waals surface area contributed by atoms with Crippen molar-refractivity contribution in [2.75, 3.05) is 26.2 Å². The van der Waals surface area contributed by atoms with Gasteiger partial charge in [0.15, 0.2) is 6.61 Å². The molecule has 148 valence electrons. The summed E-state index contributed by atoms with van der Waals surface area (Å²) in [6.07, 6.45) is 4.04. The molecule has 0 aliphatic carbocycles. The van der Waals surface area contributed by atoms with Crippen molar-refractivity contribution in [3.8, 4) is 5.75 Å². The van der Waals surface area contributed by atoms with Crippen molar-refractivity contribution in [2.24, 2.45) is 0 Å². The number of aryl methyl sites for hydroxylation is 2. The van der Waals surface area contributed by atoms with Crippen LogP contribution < -0.4 is 10.1 Å². The number of rotatable bonds is 7. The first-order valence-electron chi connectivity index (χ1n) is 8.98. The van der Waals surface area contributed by atoms with E-state index in [9.17, 15) is 4.79 Å². The van der Waals surface area contributed by atoms with Gasteiger partial charge in [-0.05, 0) is 75.2 Å². The largest absolute Gasteiger partial charge is 0.484 e. The zero-order valence-corrected chi connectivity index (χ0v) is 17.2. The van der Waals surface area contributed by atoms with E-state index in [0.717, 1.165) is 35.0 Å². The lowest BCUT2D eigenvalue weighted by molar-refractivity contribution is -0.123. The standard InChI is InChI=1S/C20H25ClN2O3.ClH/c1-14-10-16(11-15(2)20(14)21)26-13-19(24)22-12-17(18-6-5-9-25-18)23-7-3-4-8-23;/h5-6,9-11,17H,3-4,7-8,12-13H2,1-2H3,(H,22,24);1H. The fourth-order valence-corrected chi connectivity index (χ4v) is 3.45. The second-order valence-corrected chi connectivity index (χ2v) is 7.12. The van der Waals surface area contributed by atoms with Gasteiger partial charge in [0.05, 0.1) is 12.3 Å². The minimum Gasteiger partial charge on any atom is -0.484 e. The van der Waals surface area contributed by atoms with E-state index in [1.807, 2.05) is 38.1 Å². The Morgan fingerprint density at radius 1 is 1.30 bits per heavy atom. The summed E-state index contributed by atoms with van der Waals surface area (Å²) in [6, 6.07) is 7.60. The Morgan fingerprint density at radius 2 is 1.96 bits per heavy atom. The Labute approximate surface area is 171 Å². The Balaban J connectivity index is 0.00000261. The van der Waals surface area contributed by atoms with Crippen molar-refractivity contribution in [2.45, 2.75) is 32.7 Å². The molecule has 1 fully saturated rings. The number of likely N-dealkylation sites (tertiary alicyclic amines) is 1. The third kappa shape index (κ3) is 5.64. The molecule has 0 radical (unpaired) electrons. The molecule has 1 aliphatic rings. The topological polar surface area (TPSA) is 54.7 Å². The van der Waals surface area contributed by atoms with Crippen LogP contribution in [0.1, 0.15) is 35.8 Å². The fraction of sp³-hybridized carbons (Fsp3) is 0.450. The lowest BCUT2D eigenvalue weighted by atomic mass is 10.1. The smallest absolute Gasteiger partial charge is 0.258 e. The summed E-state index contributed by atoms with van der Waals surface area (Å²) in [6.45, 7) is 6.39. The third-order valence-electron chi connectivity index (χ3n) is 4.73. The van der Waals surface area contributed by atoms with Crippen LogP contribution in [0.4, 0.5) is 0 Å². The number of nitrogens with one attached hydrogen (secondary N) is 1. The third-order valence-corrected chi connectivity index (χ3v) is 5.32. The minimum atomic E-state index is -0.147. The van der Waals surface area contributed by atoms with Crippen LogP contribution in [0.15, 0.2) is 34.9 Å². The molecule has 1 atom stereocenters. The molecule has 1 aromatic carbocycles. The molecule has 1 aliphatic heterocycles. The summed E-state index contributed by atoms with van der Waals surface area (Å²) in [5.74, 6) is 1.39. The molecule has 1 saturated heterocycles. The van der Waals surface area contributed by atoms with Crippen LogP contribution in [0.2, 0.25) is 5.02 Å². The second-order valence-electron chi connectivity index (χ2n) is 6.74. The van der Waals surface area contributed by atoms with Crippen LogP contribution in [-0.4, -0.2) is 37.0 Å². The highest BCUT2D eigenvalue weighted by molar-refractivity contribution is 6.32. The van der Waals surface area contributed by atoms with E-state index in [1.54, 1.807) is 6.26 Å². The Bertz CT molecular complexity index is 721. The molecule has 1 amide bonds. The van der Waals surface area contributed by atoms with Crippen molar-refractivity contribution in [3.05, 3.63) is 52.4 Å². The molecule has 2 aromatic rings. The highest BCUT2D eigenvalue weighted by atomic mass is 35.5. The van der Waals surface area contributed by atoms with Crippen LogP contribution in [0, 0.1) is 13.8 Å². The molecule has 27 heavy (non-hydrogen) atoms. The maximum atomic E-state index is 12.2. The average molecular weight is 413 g/mol. The van der Waals surface area contributed by atoms with Gasteiger partial charge in [0.1, 0.15) is 11.5 Å². The molecule has 0 spiro atoms. The zero-order chi connectivity index (χ0) is 18.5. The van der Waals surface area contributed by atoms with Gasteiger partial charge in [-0.3, -0.25) is 9.69 Å². The van der Waals surface area contributed by atoms with E-state index < -0.39 is 0 Å². The highest BCUT2D eigenvalue weighted by Crippen LogP contribution is 2.26. The number of amides is 1. The van der Waals surface area contributed by atoms with Crippen molar-refractivity contribution >= 4 is 29.9 Å². The van der Waals surface area contributed by atoms with Gasteiger partial charge in [-0.2, -0.15) is 0 Å². The number of carbonyl (C=O) groups excluding carboxylic acids is 1. The number of furan rings is 1. The Kier molecular flexibility index (Phi) is 8.02.